The van der Waals surface area contributed by atoms with Crippen molar-refractivity contribution in [3.63, 3.8) is 0 Å². The first-order valence-electron chi connectivity index (χ1n) is 7.61. The molecule has 2 aromatic carbocycles. The van der Waals surface area contributed by atoms with Crippen molar-refractivity contribution < 1.29 is 4.74 Å². The number of hydrogen-bond donors (Lipinski definition) is 0. The van der Waals surface area contributed by atoms with Gasteiger partial charge in [-0.15, -0.1) is 0 Å². The normalized spacial score (nSPS) is 12.0. The first-order chi connectivity index (χ1) is 10.9. The van der Waals surface area contributed by atoms with Crippen LogP contribution in [0.1, 0.15) is 12.0 Å². The first kappa shape index (κ1) is 14.4. The quantitative estimate of drug-likeness (QED) is 0.659. The van der Waals surface area contributed by atoms with Gasteiger partial charge in [0.05, 0.1) is 6.33 Å². The predicted octanol–water partition coefficient (Wildman–Crippen LogP) is 3.96. The Morgan fingerprint density at radius 1 is 0.955 bits per heavy atom. The van der Waals surface area contributed by atoms with Crippen LogP contribution in [-0.4, -0.2) is 15.7 Å². The Bertz CT molecular complexity index is 609. The zero-order valence-corrected chi connectivity index (χ0v) is 12.5. The van der Waals surface area contributed by atoms with Crippen LogP contribution in [0.4, 0.5) is 0 Å². The Kier molecular flexibility index (Phi) is 4.88. The van der Waals surface area contributed by atoms with E-state index in [9.17, 15) is 0 Å². The van der Waals surface area contributed by atoms with Gasteiger partial charge < -0.3 is 9.30 Å². The van der Waals surface area contributed by atoms with Crippen LogP contribution < -0.4 is 4.74 Å². The molecule has 0 N–H and O–H groups in total. The Morgan fingerprint density at radius 3 is 2.36 bits per heavy atom. The summed E-state index contributed by atoms with van der Waals surface area (Å²) >= 11 is 0. The molecule has 1 unspecified atom stereocenters. The maximum Gasteiger partial charge on any atom is 0.119 e. The second-order valence-corrected chi connectivity index (χ2v) is 5.33. The van der Waals surface area contributed by atoms with E-state index < -0.39 is 0 Å². The smallest absolute Gasteiger partial charge is 0.119 e. The van der Waals surface area contributed by atoms with Crippen LogP contribution >= 0.6 is 0 Å². The molecule has 3 aromatic rings. The van der Waals surface area contributed by atoms with E-state index in [1.54, 1.807) is 0 Å². The van der Waals surface area contributed by atoms with E-state index in [2.05, 4.69) is 33.8 Å². The first-order valence-corrected chi connectivity index (χ1v) is 7.61. The molecule has 0 radical (unpaired) electrons. The minimum atomic E-state index is 0.146. The summed E-state index contributed by atoms with van der Waals surface area (Å²) in [5, 5.41) is 0. The highest BCUT2D eigenvalue weighted by Gasteiger charge is 2.12. The van der Waals surface area contributed by atoms with Crippen molar-refractivity contribution in [3.05, 3.63) is 84.9 Å². The zero-order valence-electron chi connectivity index (χ0n) is 12.5. The number of nitrogens with zero attached hydrogens (tertiary/aromatic N) is 2. The van der Waals surface area contributed by atoms with Crippen LogP contribution in [0, 0.1) is 0 Å². The van der Waals surface area contributed by atoms with Crippen LogP contribution in [-0.2, 0) is 13.0 Å². The van der Waals surface area contributed by atoms with Gasteiger partial charge >= 0.3 is 0 Å². The van der Waals surface area contributed by atoms with Crippen molar-refractivity contribution in [2.45, 2.75) is 25.5 Å². The maximum atomic E-state index is 6.18. The number of benzene rings is 2. The number of aryl methyl sites for hydroxylation is 1. The number of imidazole rings is 1. The molecule has 0 aliphatic rings. The third-order valence-corrected chi connectivity index (χ3v) is 3.62. The molecular weight excluding hydrogens is 272 g/mol. The predicted molar refractivity (Wildman–Crippen MR) is 87.8 cm³/mol. The standard InChI is InChI=1S/C19H20N2O/c1-3-7-17(8-4-1)15-19(11-13-21-14-12-20-16-21)22-18-9-5-2-6-10-18/h1-10,12,14,16,19H,11,13,15H2. The minimum absolute atomic E-state index is 0.146. The Hall–Kier alpha value is -2.55. The molecule has 1 aromatic heterocycles. The van der Waals surface area contributed by atoms with Gasteiger partial charge in [-0.1, -0.05) is 48.5 Å². The molecule has 0 saturated heterocycles. The van der Waals surface area contributed by atoms with Gasteiger partial charge in [0.25, 0.3) is 0 Å². The number of ether oxygens (including phenoxy) is 1. The number of aromatic nitrogens is 2. The van der Waals surface area contributed by atoms with E-state index in [1.165, 1.54) is 5.56 Å². The third-order valence-electron chi connectivity index (χ3n) is 3.62. The van der Waals surface area contributed by atoms with Gasteiger partial charge in [-0.25, -0.2) is 4.98 Å². The van der Waals surface area contributed by atoms with Crippen LogP contribution in [0.2, 0.25) is 0 Å². The van der Waals surface area contributed by atoms with Gasteiger partial charge in [-0.3, -0.25) is 0 Å². The molecule has 1 heterocycles. The van der Waals surface area contributed by atoms with Gasteiger partial charge in [0.1, 0.15) is 11.9 Å². The van der Waals surface area contributed by atoms with Crippen molar-refractivity contribution in [2.75, 3.05) is 0 Å². The van der Waals surface area contributed by atoms with Crippen molar-refractivity contribution >= 4 is 0 Å². The SMILES string of the molecule is c1ccc(CC(CCn2ccnc2)Oc2ccccc2)cc1. The summed E-state index contributed by atoms with van der Waals surface area (Å²) in [5.41, 5.74) is 1.30. The lowest BCUT2D eigenvalue weighted by molar-refractivity contribution is 0.184. The van der Waals surface area contributed by atoms with Crippen LogP contribution in [0.3, 0.4) is 0 Å². The molecule has 0 saturated carbocycles. The molecule has 0 aliphatic heterocycles. The number of rotatable bonds is 7. The third kappa shape index (κ3) is 4.22. The van der Waals surface area contributed by atoms with E-state index in [0.29, 0.717) is 0 Å². The number of hydrogen-bond acceptors (Lipinski definition) is 2. The Balaban J connectivity index is 1.67. The Labute approximate surface area is 131 Å². The molecule has 3 nitrogen and oxygen atoms in total. The average Bonchev–Trinajstić information content (AvgIpc) is 3.08. The molecule has 22 heavy (non-hydrogen) atoms. The average molecular weight is 292 g/mol. The minimum Gasteiger partial charge on any atom is -0.490 e. The highest BCUT2D eigenvalue weighted by Crippen LogP contribution is 2.16. The highest BCUT2D eigenvalue weighted by molar-refractivity contribution is 5.22. The number of para-hydroxylation sites is 1. The summed E-state index contributed by atoms with van der Waals surface area (Å²) in [4.78, 5) is 4.09. The van der Waals surface area contributed by atoms with Gasteiger partial charge in [-0.05, 0) is 17.7 Å². The Morgan fingerprint density at radius 2 is 1.68 bits per heavy atom. The van der Waals surface area contributed by atoms with Crippen LogP contribution in [0.25, 0.3) is 0 Å². The zero-order chi connectivity index (χ0) is 15.0. The molecule has 0 bridgehead atoms. The van der Waals surface area contributed by atoms with E-state index >= 15 is 0 Å². The van der Waals surface area contributed by atoms with E-state index in [4.69, 9.17) is 4.74 Å². The van der Waals surface area contributed by atoms with E-state index in [0.717, 1.165) is 25.1 Å². The van der Waals surface area contributed by atoms with Crippen molar-refractivity contribution in [1.29, 1.82) is 0 Å². The van der Waals surface area contributed by atoms with Crippen molar-refractivity contribution in [1.82, 2.24) is 9.55 Å². The maximum absolute atomic E-state index is 6.18. The topological polar surface area (TPSA) is 27.1 Å². The molecule has 3 rings (SSSR count). The van der Waals surface area contributed by atoms with E-state index in [1.807, 2.05) is 55.1 Å². The molecule has 0 aliphatic carbocycles. The fourth-order valence-corrected chi connectivity index (χ4v) is 2.48. The van der Waals surface area contributed by atoms with Gasteiger partial charge in [0.15, 0.2) is 0 Å². The summed E-state index contributed by atoms with van der Waals surface area (Å²) in [6, 6.07) is 20.5. The second-order valence-electron chi connectivity index (χ2n) is 5.33. The summed E-state index contributed by atoms with van der Waals surface area (Å²) in [5.74, 6) is 0.925. The fraction of sp³-hybridized carbons (Fsp3) is 0.211. The lowest BCUT2D eigenvalue weighted by atomic mass is 10.1. The second kappa shape index (κ2) is 7.46. The molecule has 112 valence electrons. The summed E-state index contributed by atoms with van der Waals surface area (Å²) in [7, 11) is 0. The molecule has 0 fully saturated rings. The van der Waals surface area contributed by atoms with Crippen LogP contribution in [0.15, 0.2) is 79.4 Å². The monoisotopic (exact) mass is 292 g/mol. The summed E-state index contributed by atoms with van der Waals surface area (Å²) < 4.78 is 8.27. The lowest BCUT2D eigenvalue weighted by Gasteiger charge is -2.19. The highest BCUT2D eigenvalue weighted by atomic mass is 16.5. The molecule has 0 spiro atoms. The molecule has 0 amide bonds. The van der Waals surface area contributed by atoms with Gasteiger partial charge in [-0.2, -0.15) is 0 Å². The largest absolute Gasteiger partial charge is 0.490 e. The molecule has 3 heteroatoms. The summed E-state index contributed by atoms with van der Waals surface area (Å²) in [6.07, 6.45) is 7.64. The fourth-order valence-electron chi connectivity index (χ4n) is 2.48. The molecule has 1 atom stereocenters. The van der Waals surface area contributed by atoms with Crippen molar-refractivity contribution in [2.24, 2.45) is 0 Å². The molecular formula is C19H20N2O. The summed E-state index contributed by atoms with van der Waals surface area (Å²) in [6.45, 7) is 0.907. The van der Waals surface area contributed by atoms with E-state index in [-0.39, 0.29) is 6.10 Å². The van der Waals surface area contributed by atoms with Gasteiger partial charge in [0.2, 0.25) is 0 Å². The lowest BCUT2D eigenvalue weighted by Crippen LogP contribution is -2.21. The van der Waals surface area contributed by atoms with Gasteiger partial charge in [0, 0.05) is 31.8 Å². The van der Waals surface area contributed by atoms with Crippen molar-refractivity contribution in [3.8, 4) is 5.75 Å². The van der Waals surface area contributed by atoms with Crippen LogP contribution in [0.5, 0.6) is 5.75 Å².